The molecule has 0 saturated heterocycles. The Balaban J connectivity index is 1.82. The maximum Gasteiger partial charge on any atom is 0.315 e. The van der Waals surface area contributed by atoms with Gasteiger partial charge in [0.2, 0.25) is 0 Å². The van der Waals surface area contributed by atoms with Crippen LogP contribution in [-0.2, 0) is 17.4 Å². The lowest BCUT2D eigenvalue weighted by Gasteiger charge is -2.41. The second-order valence-electron chi connectivity index (χ2n) is 11.8. The van der Waals surface area contributed by atoms with E-state index in [1.54, 1.807) is 0 Å². The lowest BCUT2D eigenvalue weighted by Crippen LogP contribution is -2.55. The molecule has 0 heterocycles. The second kappa shape index (κ2) is 12.4. The number of aliphatic hydroxyl groups is 1. The van der Waals surface area contributed by atoms with Crippen molar-refractivity contribution in [3.05, 3.63) is 70.8 Å². The molecular formula is C30H43F2N3O2. The first-order valence-corrected chi connectivity index (χ1v) is 13.4. The summed E-state index contributed by atoms with van der Waals surface area (Å²) >= 11 is 0. The van der Waals surface area contributed by atoms with Gasteiger partial charge in [0, 0.05) is 24.2 Å². The van der Waals surface area contributed by atoms with Crippen molar-refractivity contribution in [2.75, 3.05) is 6.54 Å². The molecule has 2 atom stereocenters. The third-order valence-corrected chi connectivity index (χ3v) is 7.22. The predicted octanol–water partition coefficient (Wildman–Crippen LogP) is 5.69. The number of carbonyl (C=O) groups is 1. The summed E-state index contributed by atoms with van der Waals surface area (Å²) in [5.74, 6) is -1.37. The van der Waals surface area contributed by atoms with E-state index in [0.29, 0.717) is 5.56 Å². The topological polar surface area (TPSA) is 73.4 Å². The molecule has 204 valence electrons. The van der Waals surface area contributed by atoms with Crippen molar-refractivity contribution in [1.82, 2.24) is 16.0 Å². The average molecular weight is 516 g/mol. The fourth-order valence-corrected chi connectivity index (χ4v) is 5.19. The largest absolute Gasteiger partial charge is 0.390 e. The van der Waals surface area contributed by atoms with E-state index >= 15 is 0 Å². The first kappa shape index (κ1) is 29.1. The third-order valence-electron chi connectivity index (χ3n) is 7.22. The zero-order valence-electron chi connectivity index (χ0n) is 22.8. The summed E-state index contributed by atoms with van der Waals surface area (Å²) in [7, 11) is 0. The van der Waals surface area contributed by atoms with Crippen LogP contribution in [0.2, 0.25) is 0 Å². The summed E-state index contributed by atoms with van der Waals surface area (Å²) < 4.78 is 27.7. The minimum Gasteiger partial charge on any atom is -0.390 e. The van der Waals surface area contributed by atoms with Crippen LogP contribution in [0.15, 0.2) is 42.5 Å². The van der Waals surface area contributed by atoms with E-state index in [1.807, 2.05) is 13.8 Å². The molecular weight excluding hydrogens is 472 g/mol. The van der Waals surface area contributed by atoms with Gasteiger partial charge in [-0.2, -0.15) is 0 Å². The molecule has 5 nitrogen and oxygen atoms in total. The molecule has 1 saturated carbocycles. The number of nitrogens with one attached hydrogen (secondary N) is 3. The predicted molar refractivity (Wildman–Crippen MR) is 145 cm³/mol. The van der Waals surface area contributed by atoms with E-state index in [4.69, 9.17) is 0 Å². The van der Waals surface area contributed by atoms with E-state index in [1.165, 1.54) is 29.7 Å². The molecule has 0 aliphatic heterocycles. The number of hydrogen-bond donors (Lipinski definition) is 4. The van der Waals surface area contributed by atoms with Crippen molar-refractivity contribution in [3.8, 4) is 0 Å². The maximum absolute atomic E-state index is 13.8. The molecule has 2 amide bonds. The quantitative estimate of drug-likeness (QED) is 0.347. The Kier molecular flexibility index (Phi) is 9.70. The summed E-state index contributed by atoms with van der Waals surface area (Å²) in [6, 6.07) is 10.7. The minimum atomic E-state index is -0.978. The van der Waals surface area contributed by atoms with Gasteiger partial charge in [-0.05, 0) is 67.3 Å². The highest BCUT2D eigenvalue weighted by Gasteiger charge is 2.35. The van der Waals surface area contributed by atoms with Crippen molar-refractivity contribution >= 4 is 6.03 Å². The van der Waals surface area contributed by atoms with Crippen LogP contribution in [0.3, 0.4) is 0 Å². The number of hydrogen-bond acceptors (Lipinski definition) is 3. The maximum atomic E-state index is 13.8. The fourth-order valence-electron chi connectivity index (χ4n) is 5.19. The Labute approximate surface area is 220 Å². The van der Waals surface area contributed by atoms with Crippen molar-refractivity contribution in [2.24, 2.45) is 0 Å². The molecule has 1 fully saturated rings. The van der Waals surface area contributed by atoms with Crippen LogP contribution in [0.25, 0.3) is 0 Å². The van der Waals surface area contributed by atoms with Gasteiger partial charge in [-0.15, -0.1) is 0 Å². The van der Waals surface area contributed by atoms with E-state index < -0.39 is 29.8 Å². The highest BCUT2D eigenvalue weighted by molar-refractivity contribution is 5.74. The van der Waals surface area contributed by atoms with E-state index in [0.717, 1.165) is 31.7 Å². The summed E-state index contributed by atoms with van der Waals surface area (Å²) in [6.45, 7) is 10.5. The molecule has 0 aromatic heterocycles. The molecule has 37 heavy (non-hydrogen) atoms. The molecule has 1 aliphatic carbocycles. The van der Waals surface area contributed by atoms with Crippen LogP contribution in [0, 0.1) is 11.6 Å². The van der Waals surface area contributed by atoms with Crippen molar-refractivity contribution in [2.45, 2.75) is 102 Å². The molecule has 2 unspecified atom stereocenters. The Morgan fingerprint density at radius 3 is 2.24 bits per heavy atom. The van der Waals surface area contributed by atoms with Crippen LogP contribution >= 0.6 is 0 Å². The fraction of sp³-hybridized carbons (Fsp3) is 0.567. The van der Waals surface area contributed by atoms with Crippen LogP contribution in [0.4, 0.5) is 13.6 Å². The van der Waals surface area contributed by atoms with Crippen molar-refractivity contribution < 1.29 is 18.7 Å². The van der Waals surface area contributed by atoms with E-state index in [-0.39, 0.29) is 30.0 Å². The van der Waals surface area contributed by atoms with Crippen LogP contribution in [0.5, 0.6) is 0 Å². The first-order valence-electron chi connectivity index (χ1n) is 13.4. The van der Waals surface area contributed by atoms with E-state index in [2.05, 4.69) is 61.0 Å². The highest BCUT2D eigenvalue weighted by atomic mass is 19.1. The monoisotopic (exact) mass is 515 g/mol. The number of rotatable bonds is 9. The van der Waals surface area contributed by atoms with Gasteiger partial charge >= 0.3 is 6.03 Å². The van der Waals surface area contributed by atoms with Crippen LogP contribution in [0.1, 0.15) is 83.4 Å². The number of aliphatic hydroxyl groups excluding tert-OH is 1. The number of urea groups is 1. The summed E-state index contributed by atoms with van der Waals surface area (Å²) in [5, 5.41) is 20.5. The number of amides is 2. The van der Waals surface area contributed by atoms with Crippen molar-refractivity contribution in [3.63, 3.8) is 0 Å². The molecule has 0 bridgehead atoms. The SMILES string of the molecule is CC(C)NC(=O)NC(Cc1cc(F)cc(F)c1)C(O)CNC1(c2cccc(C(C)(C)C)c2)CCCCC1. The Bertz CT molecular complexity index is 1030. The standard InChI is InChI=1S/C30H43F2N3O2/c1-20(2)34-28(37)35-26(16-21-14-24(31)18-25(32)15-21)27(36)19-33-30(12-7-6-8-13-30)23-11-9-10-22(17-23)29(3,4)5/h9-11,14-15,17-18,20,26-27,33,36H,6-8,12-13,16,19H2,1-5H3,(H2,34,35,37). The van der Waals surface area contributed by atoms with Gasteiger partial charge in [-0.1, -0.05) is 64.3 Å². The lowest BCUT2D eigenvalue weighted by molar-refractivity contribution is 0.105. The summed E-state index contributed by atoms with van der Waals surface area (Å²) in [4.78, 5) is 12.5. The highest BCUT2D eigenvalue weighted by Crippen LogP contribution is 2.38. The van der Waals surface area contributed by atoms with Gasteiger partial charge in [0.1, 0.15) is 11.6 Å². The molecule has 1 aliphatic rings. The number of halogens is 2. The zero-order valence-corrected chi connectivity index (χ0v) is 22.8. The van der Waals surface area contributed by atoms with Gasteiger partial charge < -0.3 is 21.1 Å². The van der Waals surface area contributed by atoms with Crippen molar-refractivity contribution in [1.29, 1.82) is 0 Å². The third kappa shape index (κ3) is 8.24. The zero-order chi connectivity index (χ0) is 27.2. The van der Waals surface area contributed by atoms with Gasteiger partial charge in [-0.25, -0.2) is 13.6 Å². The van der Waals surface area contributed by atoms with Gasteiger partial charge in [-0.3, -0.25) is 0 Å². The summed E-state index contributed by atoms with van der Waals surface area (Å²) in [6.07, 6.45) is 4.37. The van der Waals surface area contributed by atoms with E-state index in [9.17, 15) is 18.7 Å². The average Bonchev–Trinajstić information content (AvgIpc) is 2.81. The molecule has 4 N–H and O–H groups in total. The summed E-state index contributed by atoms with van der Waals surface area (Å²) in [5.41, 5.74) is 2.58. The lowest BCUT2D eigenvalue weighted by atomic mass is 9.74. The molecule has 2 aromatic rings. The normalized spacial score (nSPS) is 17.3. The van der Waals surface area contributed by atoms with Gasteiger partial charge in [0.25, 0.3) is 0 Å². The van der Waals surface area contributed by atoms with Gasteiger partial charge in [0.15, 0.2) is 0 Å². The first-order chi connectivity index (χ1) is 17.4. The second-order valence-corrected chi connectivity index (χ2v) is 11.8. The van der Waals surface area contributed by atoms with Gasteiger partial charge in [0.05, 0.1) is 12.1 Å². The molecule has 3 rings (SSSR count). The smallest absolute Gasteiger partial charge is 0.315 e. The molecule has 0 radical (unpaired) electrons. The molecule has 2 aromatic carbocycles. The van der Waals surface area contributed by atoms with Crippen LogP contribution < -0.4 is 16.0 Å². The minimum absolute atomic E-state index is 0.0183. The molecule has 0 spiro atoms. The number of carbonyl (C=O) groups excluding carboxylic acids is 1. The Hall–Kier alpha value is -2.51. The Morgan fingerprint density at radius 2 is 1.65 bits per heavy atom. The number of benzene rings is 2. The molecule has 7 heteroatoms. The Morgan fingerprint density at radius 1 is 1.00 bits per heavy atom. The van der Waals surface area contributed by atoms with Crippen LogP contribution in [-0.4, -0.2) is 35.9 Å².